The van der Waals surface area contributed by atoms with E-state index in [9.17, 15) is 21.6 Å². The Morgan fingerprint density at radius 3 is 2.35 bits per heavy atom. The van der Waals surface area contributed by atoms with Crippen LogP contribution in [0.2, 0.25) is 0 Å². The number of thiazole rings is 1. The van der Waals surface area contributed by atoms with Crippen LogP contribution in [0.15, 0.2) is 64.9 Å². The second-order valence-corrected chi connectivity index (χ2v) is 10.0. The van der Waals surface area contributed by atoms with Gasteiger partial charge in [0.25, 0.3) is 0 Å². The highest BCUT2D eigenvalue weighted by Crippen LogP contribution is 2.31. The van der Waals surface area contributed by atoms with E-state index < -0.39 is 21.8 Å². The molecule has 0 saturated carbocycles. The van der Waals surface area contributed by atoms with Gasteiger partial charge in [0, 0.05) is 43.7 Å². The third-order valence-electron chi connectivity index (χ3n) is 5.09. The van der Waals surface area contributed by atoms with E-state index in [1.807, 2.05) is 35.7 Å². The lowest BCUT2D eigenvalue weighted by atomic mass is 10.2. The van der Waals surface area contributed by atoms with Crippen molar-refractivity contribution in [2.24, 2.45) is 0 Å². The molecule has 0 amide bonds. The second-order valence-electron chi connectivity index (χ2n) is 7.22. The van der Waals surface area contributed by atoms with Crippen LogP contribution in [0.4, 0.5) is 13.2 Å². The van der Waals surface area contributed by atoms with Crippen molar-refractivity contribution in [3.63, 3.8) is 0 Å². The highest BCUT2D eigenvalue weighted by molar-refractivity contribution is 7.89. The lowest BCUT2D eigenvalue weighted by Crippen LogP contribution is -2.48. The molecule has 3 aromatic rings. The Bertz CT molecular complexity index is 1140. The van der Waals surface area contributed by atoms with Crippen molar-refractivity contribution in [3.05, 3.63) is 71.2 Å². The maximum atomic E-state index is 12.9. The third-order valence-corrected chi connectivity index (χ3v) is 7.92. The van der Waals surface area contributed by atoms with Crippen molar-refractivity contribution < 1.29 is 21.6 Å². The van der Waals surface area contributed by atoms with E-state index >= 15 is 0 Å². The first-order valence-electron chi connectivity index (χ1n) is 9.63. The number of rotatable bonds is 5. The fourth-order valence-corrected chi connectivity index (χ4v) is 5.72. The molecule has 0 spiro atoms. The second kappa shape index (κ2) is 8.70. The lowest BCUT2D eigenvalue weighted by Gasteiger charge is -2.33. The summed E-state index contributed by atoms with van der Waals surface area (Å²) in [6, 6.07) is 13.8. The van der Waals surface area contributed by atoms with Gasteiger partial charge in [0.15, 0.2) is 0 Å². The van der Waals surface area contributed by atoms with Gasteiger partial charge in [-0.2, -0.15) is 17.5 Å². The standard InChI is InChI=1S/C21H20F3N3O2S2/c22-21(23,24)17-7-4-8-19(13-17)31(28,29)27-11-9-26(10-12-27)14-18-15-30-20(25-18)16-5-2-1-3-6-16/h1-8,13,15H,9-12,14H2. The van der Waals surface area contributed by atoms with Crippen LogP contribution in [0.3, 0.4) is 0 Å². The summed E-state index contributed by atoms with van der Waals surface area (Å²) in [4.78, 5) is 6.43. The predicted molar refractivity (Wildman–Crippen MR) is 113 cm³/mol. The smallest absolute Gasteiger partial charge is 0.295 e. The Morgan fingerprint density at radius 2 is 1.68 bits per heavy atom. The van der Waals surface area contributed by atoms with Crippen molar-refractivity contribution in [3.8, 4) is 10.6 Å². The number of alkyl halides is 3. The van der Waals surface area contributed by atoms with Gasteiger partial charge in [-0.25, -0.2) is 13.4 Å². The Balaban J connectivity index is 1.39. The minimum Gasteiger partial charge on any atom is -0.295 e. The molecule has 4 rings (SSSR count). The zero-order valence-corrected chi connectivity index (χ0v) is 18.1. The Kier molecular flexibility index (Phi) is 6.16. The molecule has 31 heavy (non-hydrogen) atoms. The van der Waals surface area contributed by atoms with Crippen LogP contribution >= 0.6 is 11.3 Å². The van der Waals surface area contributed by atoms with Gasteiger partial charge in [-0.05, 0) is 18.2 Å². The zero-order chi connectivity index (χ0) is 22.1. The van der Waals surface area contributed by atoms with Crippen LogP contribution in [-0.2, 0) is 22.7 Å². The SMILES string of the molecule is O=S(=O)(c1cccc(C(F)(F)F)c1)N1CCN(Cc2csc(-c3ccccc3)n2)CC1. The van der Waals surface area contributed by atoms with E-state index in [2.05, 4.69) is 9.88 Å². The molecule has 1 aliphatic heterocycles. The Morgan fingerprint density at radius 1 is 0.968 bits per heavy atom. The highest BCUT2D eigenvalue weighted by Gasteiger charge is 2.34. The molecule has 0 unspecified atom stereocenters. The maximum absolute atomic E-state index is 12.9. The summed E-state index contributed by atoms with van der Waals surface area (Å²) in [5.41, 5.74) is 0.999. The minimum atomic E-state index is -4.59. The Hall–Kier alpha value is -2.27. The minimum absolute atomic E-state index is 0.217. The quantitative estimate of drug-likeness (QED) is 0.560. The molecule has 164 valence electrons. The Labute approximate surface area is 182 Å². The molecule has 2 heterocycles. The summed E-state index contributed by atoms with van der Waals surface area (Å²) in [6.45, 7) is 2.00. The first-order valence-corrected chi connectivity index (χ1v) is 11.9. The number of hydrogen-bond donors (Lipinski definition) is 0. The van der Waals surface area contributed by atoms with Crippen LogP contribution in [0.1, 0.15) is 11.3 Å². The van der Waals surface area contributed by atoms with Gasteiger partial charge < -0.3 is 0 Å². The number of piperazine rings is 1. The van der Waals surface area contributed by atoms with Crippen molar-refractivity contribution in [2.75, 3.05) is 26.2 Å². The van der Waals surface area contributed by atoms with Crippen LogP contribution in [0.5, 0.6) is 0 Å². The monoisotopic (exact) mass is 467 g/mol. The van der Waals surface area contributed by atoms with E-state index in [0.29, 0.717) is 25.7 Å². The molecular formula is C21H20F3N3O2S2. The van der Waals surface area contributed by atoms with Gasteiger partial charge >= 0.3 is 6.18 Å². The number of aromatic nitrogens is 1. The van der Waals surface area contributed by atoms with Crippen LogP contribution in [0.25, 0.3) is 10.6 Å². The normalized spacial score (nSPS) is 16.5. The third kappa shape index (κ3) is 4.98. The predicted octanol–water partition coefficient (Wildman–Crippen LogP) is 4.34. The molecule has 0 radical (unpaired) electrons. The summed E-state index contributed by atoms with van der Waals surface area (Å²) in [5.74, 6) is 0. The van der Waals surface area contributed by atoms with Crippen molar-refractivity contribution >= 4 is 21.4 Å². The lowest BCUT2D eigenvalue weighted by molar-refractivity contribution is -0.137. The number of halogens is 3. The van der Waals surface area contributed by atoms with Gasteiger partial charge in [0.2, 0.25) is 10.0 Å². The van der Waals surface area contributed by atoms with E-state index in [4.69, 9.17) is 0 Å². The summed E-state index contributed by atoms with van der Waals surface area (Å²) < 4.78 is 65.7. The maximum Gasteiger partial charge on any atom is 0.416 e. The fraction of sp³-hybridized carbons (Fsp3) is 0.286. The molecule has 0 bridgehead atoms. The molecule has 2 aromatic carbocycles. The molecule has 0 atom stereocenters. The molecule has 0 N–H and O–H groups in total. The van der Waals surface area contributed by atoms with Gasteiger partial charge in [-0.3, -0.25) is 4.90 Å². The molecule has 1 saturated heterocycles. The zero-order valence-electron chi connectivity index (χ0n) is 16.4. The number of sulfonamides is 1. The molecule has 1 aliphatic rings. The summed E-state index contributed by atoms with van der Waals surface area (Å²) in [6.07, 6.45) is -4.59. The number of nitrogens with zero attached hydrogens (tertiary/aromatic N) is 3. The van der Waals surface area contributed by atoms with Crippen LogP contribution < -0.4 is 0 Å². The van der Waals surface area contributed by atoms with E-state index in [0.717, 1.165) is 28.4 Å². The van der Waals surface area contributed by atoms with E-state index in [1.54, 1.807) is 11.3 Å². The fourth-order valence-electron chi connectivity index (χ4n) is 3.43. The summed E-state index contributed by atoms with van der Waals surface area (Å²) in [5, 5.41) is 2.93. The molecule has 1 fully saturated rings. The largest absolute Gasteiger partial charge is 0.416 e. The summed E-state index contributed by atoms with van der Waals surface area (Å²) >= 11 is 1.56. The van der Waals surface area contributed by atoms with Crippen LogP contribution in [-0.4, -0.2) is 48.8 Å². The average Bonchev–Trinajstić information content (AvgIpc) is 3.23. The van der Waals surface area contributed by atoms with Crippen LogP contribution in [0, 0.1) is 0 Å². The van der Waals surface area contributed by atoms with Gasteiger partial charge in [-0.15, -0.1) is 11.3 Å². The number of hydrogen-bond acceptors (Lipinski definition) is 5. The van der Waals surface area contributed by atoms with Crippen molar-refractivity contribution in [1.82, 2.24) is 14.2 Å². The molecule has 0 aliphatic carbocycles. The molecule has 10 heteroatoms. The topological polar surface area (TPSA) is 53.5 Å². The number of benzene rings is 2. The van der Waals surface area contributed by atoms with Crippen molar-refractivity contribution in [1.29, 1.82) is 0 Å². The van der Waals surface area contributed by atoms with E-state index in [-0.39, 0.29) is 18.0 Å². The molecular weight excluding hydrogens is 447 g/mol. The van der Waals surface area contributed by atoms with Gasteiger partial charge in [0.1, 0.15) is 5.01 Å². The summed E-state index contributed by atoms with van der Waals surface area (Å²) in [7, 11) is -3.98. The van der Waals surface area contributed by atoms with Gasteiger partial charge in [-0.1, -0.05) is 36.4 Å². The van der Waals surface area contributed by atoms with Gasteiger partial charge in [0.05, 0.1) is 16.2 Å². The first kappa shape index (κ1) is 21.9. The first-order chi connectivity index (χ1) is 14.7. The van der Waals surface area contributed by atoms with E-state index in [1.165, 1.54) is 10.4 Å². The highest BCUT2D eigenvalue weighted by atomic mass is 32.2. The molecule has 1 aromatic heterocycles. The molecule has 5 nitrogen and oxygen atoms in total. The van der Waals surface area contributed by atoms with Crippen molar-refractivity contribution in [2.45, 2.75) is 17.6 Å². The average molecular weight is 468 g/mol.